The fourth-order valence-corrected chi connectivity index (χ4v) is 18.9. The van der Waals surface area contributed by atoms with E-state index in [1.807, 2.05) is 0 Å². The molecule has 2 aliphatic rings. The maximum atomic E-state index is 5.88. The lowest BCUT2D eigenvalue weighted by Crippen LogP contribution is -2.74. The average Bonchev–Trinajstić information content (AvgIpc) is 3.59. The molecule has 2 heterocycles. The molecule has 0 N–H and O–H groups in total. The molecule has 7 aromatic rings. The highest BCUT2D eigenvalue weighted by Crippen LogP contribution is 2.36. The molecule has 0 atom stereocenters. The van der Waals surface area contributed by atoms with Crippen molar-refractivity contribution in [3.63, 3.8) is 0 Å². The van der Waals surface area contributed by atoms with E-state index in [0.29, 0.717) is 0 Å². The molecular weight excluding hydrogens is 589 g/mol. The molecule has 0 aromatic heterocycles. The number of hydrogen-bond acceptors (Lipinski definition) is 1. The molecule has 9 rings (SSSR count). The lowest BCUT2D eigenvalue weighted by atomic mass is 10.0. The quantitative estimate of drug-likeness (QED) is 0.259. The Morgan fingerprint density at radius 1 is 0.326 bits per heavy atom. The second kappa shape index (κ2) is 10.4. The van der Waals surface area contributed by atoms with Crippen molar-refractivity contribution in [3.8, 4) is 28.0 Å². The van der Waals surface area contributed by atoms with Crippen molar-refractivity contribution in [2.75, 3.05) is 7.11 Å². The van der Waals surface area contributed by atoms with Crippen LogP contribution >= 0.6 is 0 Å². The van der Waals surface area contributed by atoms with Gasteiger partial charge in [-0.2, -0.15) is 0 Å². The van der Waals surface area contributed by atoms with Crippen LogP contribution in [0.25, 0.3) is 22.3 Å². The second-order valence-corrected chi connectivity index (χ2v) is 19.8. The van der Waals surface area contributed by atoms with Gasteiger partial charge in [-0.15, -0.1) is 0 Å². The first-order chi connectivity index (χ1) is 22.8. The number of methoxy groups -OCH3 is 1. The van der Waals surface area contributed by atoms with Crippen LogP contribution in [0.3, 0.4) is 0 Å². The van der Waals surface area contributed by atoms with Gasteiger partial charge in [-0.3, -0.25) is 0 Å². The average molecular weight is 621 g/mol. The third-order valence-corrected chi connectivity index (χ3v) is 20.1. The van der Waals surface area contributed by atoms with Gasteiger partial charge in [-0.05, 0) is 75.9 Å². The SMILES string of the molecule is COc1ccc2c(c1)-c1cc3c(cc1[Si]2(c1ccccc1)c1ccccc1)-c1ccccc1[Si]3(c1ccccc1)c1ccccc1. The van der Waals surface area contributed by atoms with Gasteiger partial charge < -0.3 is 4.74 Å². The van der Waals surface area contributed by atoms with E-state index in [2.05, 4.69) is 176 Å². The summed E-state index contributed by atoms with van der Waals surface area (Å²) in [5.41, 5.74) is 5.41. The van der Waals surface area contributed by atoms with E-state index in [0.717, 1.165) is 5.75 Å². The minimum Gasteiger partial charge on any atom is -0.497 e. The highest BCUT2D eigenvalue weighted by atomic mass is 28.3. The number of fused-ring (bicyclic) bond motifs is 6. The zero-order valence-electron chi connectivity index (χ0n) is 25.7. The summed E-state index contributed by atoms with van der Waals surface area (Å²) in [6.07, 6.45) is 0. The first-order valence-corrected chi connectivity index (χ1v) is 20.0. The molecule has 0 bridgehead atoms. The van der Waals surface area contributed by atoms with E-state index in [4.69, 9.17) is 4.74 Å². The van der Waals surface area contributed by atoms with E-state index in [-0.39, 0.29) is 0 Å². The number of rotatable bonds is 5. The molecule has 0 saturated carbocycles. The van der Waals surface area contributed by atoms with Gasteiger partial charge in [0.2, 0.25) is 0 Å². The van der Waals surface area contributed by atoms with E-state index >= 15 is 0 Å². The van der Waals surface area contributed by atoms with E-state index in [1.165, 1.54) is 63.7 Å². The summed E-state index contributed by atoms with van der Waals surface area (Å²) in [5.74, 6) is 0.897. The minimum absolute atomic E-state index is 0.897. The Morgan fingerprint density at radius 2 is 0.696 bits per heavy atom. The molecule has 0 fully saturated rings. The monoisotopic (exact) mass is 620 g/mol. The summed E-state index contributed by atoms with van der Waals surface area (Å²) < 4.78 is 5.88. The van der Waals surface area contributed by atoms with Gasteiger partial charge in [-0.1, -0.05) is 164 Å². The molecule has 3 heteroatoms. The summed E-state index contributed by atoms with van der Waals surface area (Å²) in [4.78, 5) is 0. The van der Waals surface area contributed by atoms with E-state index in [1.54, 1.807) is 7.11 Å². The van der Waals surface area contributed by atoms with Crippen LogP contribution in [0.15, 0.2) is 176 Å². The molecule has 7 aromatic carbocycles. The van der Waals surface area contributed by atoms with Crippen LogP contribution in [0.2, 0.25) is 0 Å². The minimum atomic E-state index is -2.67. The van der Waals surface area contributed by atoms with Crippen molar-refractivity contribution in [1.82, 2.24) is 0 Å². The molecule has 0 spiro atoms. The molecule has 0 saturated heterocycles. The Labute approximate surface area is 272 Å². The largest absolute Gasteiger partial charge is 0.497 e. The molecule has 0 radical (unpaired) electrons. The standard InChI is InChI=1S/C43H32OSi2/c1-44-31-26-27-41-37(28-31)39-30-42-38(29-43(39)46(41,34-20-10-4-11-21-34)35-22-12-5-13-23-35)36-24-14-15-25-40(36)45(42,32-16-6-2-7-17-32)33-18-8-3-9-19-33/h2-30H,1H3. The van der Waals surface area contributed by atoms with Gasteiger partial charge >= 0.3 is 0 Å². The van der Waals surface area contributed by atoms with Crippen molar-refractivity contribution in [2.24, 2.45) is 0 Å². The third kappa shape index (κ3) is 3.55. The molecule has 1 nitrogen and oxygen atoms in total. The summed E-state index contributed by atoms with van der Waals surface area (Å²) >= 11 is 0. The summed E-state index contributed by atoms with van der Waals surface area (Å²) in [7, 11) is -3.53. The predicted molar refractivity (Wildman–Crippen MR) is 198 cm³/mol. The highest BCUT2D eigenvalue weighted by Gasteiger charge is 2.53. The van der Waals surface area contributed by atoms with Gasteiger partial charge in [0.15, 0.2) is 16.1 Å². The highest BCUT2D eigenvalue weighted by molar-refractivity contribution is 7.24. The lowest BCUT2D eigenvalue weighted by Gasteiger charge is -2.33. The fourth-order valence-electron chi connectivity index (χ4n) is 8.53. The summed E-state index contributed by atoms with van der Waals surface area (Å²) in [6.45, 7) is 0. The smallest absolute Gasteiger partial charge is 0.180 e. The Hall–Kier alpha value is -5.23. The lowest BCUT2D eigenvalue weighted by molar-refractivity contribution is 0.415. The molecule has 218 valence electrons. The van der Waals surface area contributed by atoms with Gasteiger partial charge in [0, 0.05) is 0 Å². The zero-order chi connectivity index (χ0) is 30.7. The maximum absolute atomic E-state index is 5.88. The molecule has 0 unspecified atom stereocenters. The predicted octanol–water partition coefficient (Wildman–Crippen LogP) is 4.41. The Morgan fingerprint density at radius 3 is 1.15 bits per heavy atom. The number of hydrogen-bond donors (Lipinski definition) is 0. The third-order valence-electron chi connectivity index (χ3n) is 10.3. The maximum Gasteiger partial charge on any atom is 0.180 e. The number of ether oxygens (including phenoxy) is 1. The van der Waals surface area contributed by atoms with Crippen LogP contribution in [0.5, 0.6) is 5.75 Å². The van der Waals surface area contributed by atoms with E-state index in [9.17, 15) is 0 Å². The molecule has 0 amide bonds. The Bertz CT molecular complexity index is 2150. The number of benzene rings is 7. The van der Waals surface area contributed by atoms with Gasteiger partial charge in [0.25, 0.3) is 0 Å². The van der Waals surface area contributed by atoms with Crippen LogP contribution in [0.4, 0.5) is 0 Å². The summed E-state index contributed by atoms with van der Waals surface area (Å²) in [5, 5.41) is 11.5. The van der Waals surface area contributed by atoms with Crippen molar-refractivity contribution in [1.29, 1.82) is 0 Å². The molecule has 0 aliphatic carbocycles. The second-order valence-electron chi connectivity index (χ2n) is 12.4. The van der Waals surface area contributed by atoms with Crippen LogP contribution in [-0.4, -0.2) is 23.3 Å². The van der Waals surface area contributed by atoms with Gasteiger partial charge in [0.05, 0.1) is 7.11 Å². The van der Waals surface area contributed by atoms with Crippen molar-refractivity contribution in [3.05, 3.63) is 176 Å². The van der Waals surface area contributed by atoms with Crippen molar-refractivity contribution >= 4 is 57.6 Å². The van der Waals surface area contributed by atoms with Gasteiger partial charge in [-0.25, -0.2) is 0 Å². The first kappa shape index (κ1) is 27.1. The zero-order valence-corrected chi connectivity index (χ0v) is 27.7. The van der Waals surface area contributed by atoms with E-state index < -0.39 is 16.1 Å². The van der Waals surface area contributed by atoms with Crippen LogP contribution in [0, 0.1) is 0 Å². The van der Waals surface area contributed by atoms with Crippen LogP contribution < -0.4 is 46.2 Å². The first-order valence-electron chi connectivity index (χ1n) is 16.0. The van der Waals surface area contributed by atoms with Crippen molar-refractivity contribution in [2.45, 2.75) is 0 Å². The van der Waals surface area contributed by atoms with Crippen LogP contribution in [-0.2, 0) is 0 Å². The molecular formula is C43H32OSi2. The Balaban J connectivity index is 1.47. The molecule has 2 aliphatic heterocycles. The van der Waals surface area contributed by atoms with Crippen molar-refractivity contribution < 1.29 is 4.74 Å². The molecule has 46 heavy (non-hydrogen) atoms. The normalized spacial score (nSPS) is 14.5. The Kier molecular flexibility index (Phi) is 6.14. The fraction of sp³-hybridized carbons (Fsp3) is 0.0233. The topological polar surface area (TPSA) is 9.23 Å². The van der Waals surface area contributed by atoms with Crippen LogP contribution in [0.1, 0.15) is 0 Å². The summed E-state index contributed by atoms with van der Waals surface area (Å²) in [6, 6.07) is 66.4. The van der Waals surface area contributed by atoms with Gasteiger partial charge in [0.1, 0.15) is 5.75 Å².